The number of aryl methyl sites for hydroxylation is 1. The van der Waals surface area contributed by atoms with Gasteiger partial charge >= 0.3 is 0 Å². The largest absolute Gasteiger partial charge is 0.423 e. The smallest absolute Gasteiger partial charge is 0.224 e. The minimum atomic E-state index is 0.641. The standard InChI is InChI=1S/C5H6BN3/c1-4-7-3-2-5(8-4)9-6/h2-3H,1H3,(H,7,8,9). The van der Waals surface area contributed by atoms with Gasteiger partial charge in [-0.05, 0) is 13.0 Å². The van der Waals surface area contributed by atoms with Crippen LogP contribution in [0.25, 0.3) is 0 Å². The third-order valence-electron chi connectivity index (χ3n) is 0.924. The molecule has 1 heterocycles. The lowest BCUT2D eigenvalue weighted by atomic mass is 10.4. The summed E-state index contributed by atoms with van der Waals surface area (Å²) in [6, 6.07) is 1.70. The van der Waals surface area contributed by atoms with Crippen LogP contribution in [0.5, 0.6) is 0 Å². The molecule has 44 valence electrons. The van der Waals surface area contributed by atoms with Crippen molar-refractivity contribution in [2.45, 2.75) is 6.92 Å². The summed E-state index contributed by atoms with van der Waals surface area (Å²) in [6.07, 6.45) is 1.65. The molecule has 0 saturated heterocycles. The fourth-order valence-electron chi connectivity index (χ4n) is 0.537. The number of rotatable bonds is 1. The second-order valence-corrected chi connectivity index (χ2v) is 1.63. The van der Waals surface area contributed by atoms with E-state index >= 15 is 0 Å². The Balaban J connectivity index is 2.94. The molecule has 2 radical (unpaired) electrons. The Labute approximate surface area is 55.0 Å². The highest BCUT2D eigenvalue weighted by Gasteiger charge is 1.87. The summed E-state index contributed by atoms with van der Waals surface area (Å²) in [5.74, 6) is 1.35. The highest BCUT2D eigenvalue weighted by Crippen LogP contribution is 1.97. The van der Waals surface area contributed by atoms with Crippen LogP contribution < -0.4 is 5.23 Å². The lowest BCUT2D eigenvalue weighted by Gasteiger charge is -1.96. The Bertz CT molecular complexity index is 201. The van der Waals surface area contributed by atoms with Crippen molar-refractivity contribution < 1.29 is 0 Å². The van der Waals surface area contributed by atoms with E-state index in [0.29, 0.717) is 11.6 Å². The van der Waals surface area contributed by atoms with Crippen LogP contribution in [-0.4, -0.2) is 17.9 Å². The van der Waals surface area contributed by atoms with E-state index in [9.17, 15) is 0 Å². The van der Waals surface area contributed by atoms with E-state index in [1.807, 2.05) is 0 Å². The number of nitrogens with one attached hydrogen (secondary N) is 1. The van der Waals surface area contributed by atoms with Crippen LogP contribution in [0.1, 0.15) is 5.82 Å². The maximum absolute atomic E-state index is 5.08. The third kappa shape index (κ3) is 1.42. The van der Waals surface area contributed by atoms with E-state index in [4.69, 9.17) is 7.98 Å². The number of anilines is 1. The van der Waals surface area contributed by atoms with Crippen LogP contribution in [0.15, 0.2) is 12.3 Å². The Morgan fingerprint density at radius 3 is 2.89 bits per heavy atom. The van der Waals surface area contributed by atoms with E-state index in [-0.39, 0.29) is 0 Å². The normalized spacial score (nSPS) is 9.00. The van der Waals surface area contributed by atoms with Gasteiger partial charge in [0.15, 0.2) is 0 Å². The minimum absolute atomic E-state index is 0.641. The summed E-state index contributed by atoms with van der Waals surface area (Å²) in [4.78, 5) is 7.83. The van der Waals surface area contributed by atoms with Crippen LogP contribution in [0.2, 0.25) is 0 Å². The highest BCUT2D eigenvalue weighted by atomic mass is 15.0. The van der Waals surface area contributed by atoms with Gasteiger partial charge in [0.05, 0.1) is 0 Å². The van der Waals surface area contributed by atoms with Crippen molar-refractivity contribution >= 4 is 13.8 Å². The number of hydrogen-bond donors (Lipinski definition) is 1. The Hall–Kier alpha value is -1.06. The molecule has 0 aliphatic heterocycles. The van der Waals surface area contributed by atoms with Gasteiger partial charge in [-0.2, -0.15) is 0 Å². The summed E-state index contributed by atoms with van der Waals surface area (Å²) in [5, 5.41) is 2.42. The molecular weight excluding hydrogens is 113 g/mol. The molecule has 3 nitrogen and oxygen atoms in total. The van der Waals surface area contributed by atoms with Gasteiger partial charge < -0.3 is 5.23 Å². The van der Waals surface area contributed by atoms with Gasteiger partial charge in [-0.1, -0.05) is 0 Å². The molecule has 4 heteroatoms. The number of hydrogen-bond acceptors (Lipinski definition) is 3. The van der Waals surface area contributed by atoms with E-state index in [1.165, 1.54) is 0 Å². The first kappa shape index (κ1) is 6.07. The van der Waals surface area contributed by atoms with Gasteiger partial charge in [0.25, 0.3) is 0 Å². The third-order valence-corrected chi connectivity index (χ3v) is 0.924. The molecule has 1 N–H and O–H groups in total. The Morgan fingerprint density at radius 2 is 2.44 bits per heavy atom. The maximum atomic E-state index is 5.08. The molecule has 0 saturated carbocycles. The molecule has 0 atom stereocenters. The van der Waals surface area contributed by atoms with Gasteiger partial charge in [0.1, 0.15) is 11.6 Å². The summed E-state index contributed by atoms with van der Waals surface area (Å²) in [7, 11) is 5.08. The average Bonchev–Trinajstić information content (AvgIpc) is 1.88. The molecule has 0 fully saturated rings. The van der Waals surface area contributed by atoms with Crippen molar-refractivity contribution in [2.75, 3.05) is 5.23 Å². The minimum Gasteiger partial charge on any atom is -0.423 e. The fourth-order valence-corrected chi connectivity index (χ4v) is 0.537. The molecule has 0 amide bonds. The monoisotopic (exact) mass is 119 g/mol. The molecular formula is C5H6BN3. The summed E-state index contributed by atoms with van der Waals surface area (Å²) >= 11 is 0. The Morgan fingerprint density at radius 1 is 1.67 bits per heavy atom. The quantitative estimate of drug-likeness (QED) is 0.539. The van der Waals surface area contributed by atoms with E-state index in [1.54, 1.807) is 19.2 Å². The van der Waals surface area contributed by atoms with Gasteiger partial charge in [-0.15, -0.1) is 0 Å². The molecule has 0 aliphatic rings. The van der Waals surface area contributed by atoms with E-state index in [2.05, 4.69) is 15.2 Å². The van der Waals surface area contributed by atoms with Gasteiger partial charge in [0.2, 0.25) is 7.98 Å². The second kappa shape index (κ2) is 2.48. The first-order valence-corrected chi connectivity index (χ1v) is 2.59. The van der Waals surface area contributed by atoms with E-state index in [0.717, 1.165) is 0 Å². The molecule has 1 aromatic heterocycles. The Kier molecular flexibility index (Phi) is 1.67. The van der Waals surface area contributed by atoms with E-state index < -0.39 is 0 Å². The van der Waals surface area contributed by atoms with Crippen molar-refractivity contribution in [3.8, 4) is 0 Å². The molecule has 0 bridgehead atoms. The highest BCUT2D eigenvalue weighted by molar-refractivity contribution is 6.15. The molecule has 1 rings (SSSR count). The van der Waals surface area contributed by atoms with Crippen LogP contribution >= 0.6 is 0 Å². The molecule has 0 aliphatic carbocycles. The molecule has 0 aromatic carbocycles. The SMILES string of the molecule is [B]Nc1ccnc(C)n1. The summed E-state index contributed by atoms with van der Waals surface area (Å²) in [5.41, 5.74) is 0. The first-order chi connectivity index (χ1) is 4.33. The predicted molar refractivity (Wildman–Crippen MR) is 36.1 cm³/mol. The zero-order chi connectivity index (χ0) is 6.69. The van der Waals surface area contributed by atoms with Gasteiger partial charge in [-0.3, -0.25) is 0 Å². The summed E-state index contributed by atoms with van der Waals surface area (Å²) in [6.45, 7) is 1.81. The molecule has 0 unspecified atom stereocenters. The first-order valence-electron chi connectivity index (χ1n) is 2.59. The second-order valence-electron chi connectivity index (χ2n) is 1.63. The van der Waals surface area contributed by atoms with Crippen molar-refractivity contribution in [3.05, 3.63) is 18.1 Å². The molecule has 9 heavy (non-hydrogen) atoms. The maximum Gasteiger partial charge on any atom is 0.224 e. The fraction of sp³-hybridized carbons (Fsp3) is 0.200. The number of nitrogens with zero attached hydrogens (tertiary/aromatic N) is 2. The van der Waals surface area contributed by atoms with Crippen molar-refractivity contribution in [1.82, 2.24) is 9.97 Å². The zero-order valence-electron chi connectivity index (χ0n) is 5.13. The lowest BCUT2D eigenvalue weighted by molar-refractivity contribution is 1.06. The van der Waals surface area contributed by atoms with Crippen LogP contribution in [0, 0.1) is 6.92 Å². The molecule has 0 spiro atoms. The van der Waals surface area contributed by atoms with Gasteiger partial charge in [-0.25, -0.2) is 9.97 Å². The zero-order valence-corrected chi connectivity index (χ0v) is 5.13. The van der Waals surface area contributed by atoms with Gasteiger partial charge in [0, 0.05) is 6.20 Å². The van der Waals surface area contributed by atoms with Crippen LogP contribution in [0.4, 0.5) is 5.82 Å². The number of aromatic nitrogens is 2. The molecule has 1 aromatic rings. The topological polar surface area (TPSA) is 37.8 Å². The summed E-state index contributed by atoms with van der Waals surface area (Å²) < 4.78 is 0. The average molecular weight is 119 g/mol. The van der Waals surface area contributed by atoms with Crippen LogP contribution in [-0.2, 0) is 0 Å². The predicted octanol–water partition coefficient (Wildman–Crippen LogP) is 0.280. The van der Waals surface area contributed by atoms with Crippen molar-refractivity contribution in [2.24, 2.45) is 0 Å². The van der Waals surface area contributed by atoms with Crippen molar-refractivity contribution in [1.29, 1.82) is 0 Å². The lowest BCUT2D eigenvalue weighted by Crippen LogP contribution is -1.96. The van der Waals surface area contributed by atoms with Crippen molar-refractivity contribution in [3.63, 3.8) is 0 Å². The van der Waals surface area contributed by atoms with Crippen LogP contribution in [0.3, 0.4) is 0 Å².